The van der Waals surface area contributed by atoms with E-state index in [1.807, 2.05) is 24.3 Å². The smallest absolute Gasteiger partial charge is 0.253 e. The Kier molecular flexibility index (Phi) is 3.84. The van der Waals surface area contributed by atoms with Crippen LogP contribution in [-0.4, -0.2) is 24.9 Å². The third-order valence-electron chi connectivity index (χ3n) is 4.36. The van der Waals surface area contributed by atoms with Gasteiger partial charge in [0.15, 0.2) is 11.6 Å². The molecule has 0 atom stereocenters. The van der Waals surface area contributed by atoms with E-state index in [2.05, 4.69) is 6.92 Å². The number of hydrogen-bond donors (Lipinski definition) is 0. The van der Waals surface area contributed by atoms with Crippen LogP contribution in [0.4, 0.5) is 4.39 Å². The van der Waals surface area contributed by atoms with E-state index in [0.29, 0.717) is 16.7 Å². The Morgan fingerprint density at radius 3 is 2.30 bits per heavy atom. The van der Waals surface area contributed by atoms with Gasteiger partial charge in [-0.1, -0.05) is 19.1 Å². The average Bonchev–Trinajstić information content (AvgIpc) is 3.28. The van der Waals surface area contributed by atoms with E-state index in [4.69, 9.17) is 4.74 Å². The van der Waals surface area contributed by atoms with E-state index in [1.165, 1.54) is 35.4 Å². The second kappa shape index (κ2) is 5.69. The summed E-state index contributed by atoms with van der Waals surface area (Å²) in [5.74, 6) is -0.0808. The fourth-order valence-electron chi connectivity index (χ4n) is 2.50. The minimum absolute atomic E-state index is 0.116. The molecular formula is C19H20FNO2. The number of benzene rings is 2. The van der Waals surface area contributed by atoms with Crippen molar-refractivity contribution in [2.24, 2.45) is 0 Å². The largest absolute Gasteiger partial charge is 0.454 e. The average molecular weight is 313 g/mol. The first-order chi connectivity index (χ1) is 10.9. The van der Waals surface area contributed by atoms with Gasteiger partial charge < -0.3 is 9.64 Å². The number of nitrogens with zero attached hydrogens (tertiary/aromatic N) is 1. The van der Waals surface area contributed by atoms with E-state index in [0.717, 1.165) is 0 Å². The lowest BCUT2D eigenvalue weighted by molar-refractivity contribution is 0.0827. The summed E-state index contributed by atoms with van der Waals surface area (Å²) < 4.78 is 19.7. The standard InChI is InChI=1S/C19H20FNO2/c1-19(10-11-19)14-5-7-15(8-6-14)23-17-9-4-13(12-16(17)20)18(22)21(2)3/h4-9,12H,10-11H2,1-3H3. The summed E-state index contributed by atoms with van der Waals surface area (Å²) in [5.41, 5.74) is 1.90. The van der Waals surface area contributed by atoms with Crippen LogP contribution in [0.3, 0.4) is 0 Å². The topological polar surface area (TPSA) is 29.5 Å². The van der Waals surface area contributed by atoms with Crippen LogP contribution in [-0.2, 0) is 5.41 Å². The Bertz CT molecular complexity index is 734. The molecule has 0 unspecified atom stereocenters. The molecule has 23 heavy (non-hydrogen) atoms. The highest BCUT2D eigenvalue weighted by atomic mass is 19.1. The summed E-state index contributed by atoms with van der Waals surface area (Å²) in [6.07, 6.45) is 2.42. The molecule has 0 aliphatic heterocycles. The second-order valence-corrected chi connectivity index (χ2v) is 6.53. The van der Waals surface area contributed by atoms with Crippen LogP contribution in [0.5, 0.6) is 11.5 Å². The van der Waals surface area contributed by atoms with E-state index in [1.54, 1.807) is 20.2 Å². The van der Waals surface area contributed by atoms with Gasteiger partial charge in [-0.3, -0.25) is 4.79 Å². The molecule has 0 bridgehead atoms. The minimum Gasteiger partial charge on any atom is -0.454 e. The van der Waals surface area contributed by atoms with Crippen LogP contribution in [0, 0.1) is 5.82 Å². The lowest BCUT2D eigenvalue weighted by Crippen LogP contribution is -2.21. The van der Waals surface area contributed by atoms with Gasteiger partial charge in [-0.15, -0.1) is 0 Å². The number of amides is 1. The van der Waals surface area contributed by atoms with Gasteiger partial charge in [0, 0.05) is 19.7 Å². The van der Waals surface area contributed by atoms with Crippen molar-refractivity contribution >= 4 is 5.91 Å². The molecule has 3 nitrogen and oxygen atoms in total. The van der Waals surface area contributed by atoms with Crippen LogP contribution in [0.1, 0.15) is 35.7 Å². The molecule has 0 saturated heterocycles. The predicted octanol–water partition coefficient (Wildman–Crippen LogP) is 4.37. The minimum atomic E-state index is -0.545. The van der Waals surface area contributed by atoms with Crippen molar-refractivity contribution in [3.05, 3.63) is 59.4 Å². The Hall–Kier alpha value is -2.36. The first-order valence-electron chi connectivity index (χ1n) is 7.69. The number of hydrogen-bond acceptors (Lipinski definition) is 2. The van der Waals surface area contributed by atoms with E-state index >= 15 is 0 Å². The van der Waals surface area contributed by atoms with Gasteiger partial charge in [0.2, 0.25) is 0 Å². The molecule has 2 aromatic rings. The van der Waals surface area contributed by atoms with Gasteiger partial charge in [-0.25, -0.2) is 4.39 Å². The van der Waals surface area contributed by atoms with Gasteiger partial charge in [0.05, 0.1) is 0 Å². The van der Waals surface area contributed by atoms with Crippen LogP contribution in [0.15, 0.2) is 42.5 Å². The lowest BCUT2D eigenvalue weighted by Gasteiger charge is -2.13. The number of ether oxygens (including phenoxy) is 1. The number of carbonyl (C=O) groups is 1. The van der Waals surface area contributed by atoms with Crippen molar-refractivity contribution in [2.45, 2.75) is 25.2 Å². The first-order valence-corrected chi connectivity index (χ1v) is 7.69. The maximum atomic E-state index is 14.1. The molecule has 0 heterocycles. The molecule has 0 N–H and O–H groups in total. The van der Waals surface area contributed by atoms with Crippen molar-refractivity contribution in [3.8, 4) is 11.5 Å². The summed E-state index contributed by atoms with van der Waals surface area (Å²) in [4.78, 5) is 13.2. The first kappa shape index (κ1) is 15.5. The molecule has 0 spiro atoms. The molecule has 2 aromatic carbocycles. The van der Waals surface area contributed by atoms with Gasteiger partial charge in [-0.2, -0.15) is 0 Å². The van der Waals surface area contributed by atoms with Crippen LogP contribution < -0.4 is 4.74 Å². The summed E-state index contributed by atoms with van der Waals surface area (Å²) in [7, 11) is 3.26. The zero-order chi connectivity index (χ0) is 16.6. The summed E-state index contributed by atoms with van der Waals surface area (Å²) in [5, 5.41) is 0. The van der Waals surface area contributed by atoms with Crippen LogP contribution in [0.2, 0.25) is 0 Å². The molecule has 1 saturated carbocycles. The van der Waals surface area contributed by atoms with E-state index in [9.17, 15) is 9.18 Å². The van der Waals surface area contributed by atoms with Gasteiger partial charge in [0.1, 0.15) is 5.75 Å². The Morgan fingerprint density at radius 2 is 1.78 bits per heavy atom. The molecule has 4 heteroatoms. The monoisotopic (exact) mass is 313 g/mol. The van der Waals surface area contributed by atoms with E-state index in [-0.39, 0.29) is 11.7 Å². The molecule has 3 rings (SSSR count). The second-order valence-electron chi connectivity index (χ2n) is 6.53. The number of halogens is 1. The molecule has 1 amide bonds. The van der Waals surface area contributed by atoms with Crippen molar-refractivity contribution in [3.63, 3.8) is 0 Å². The molecule has 0 radical (unpaired) electrons. The molecular weight excluding hydrogens is 293 g/mol. The Morgan fingerprint density at radius 1 is 1.13 bits per heavy atom. The third kappa shape index (κ3) is 3.21. The zero-order valence-corrected chi connectivity index (χ0v) is 13.6. The van der Waals surface area contributed by atoms with Crippen LogP contribution in [0.25, 0.3) is 0 Å². The quantitative estimate of drug-likeness (QED) is 0.839. The number of rotatable bonds is 4. The SMILES string of the molecule is CN(C)C(=O)c1ccc(Oc2ccc(C3(C)CC3)cc2)c(F)c1. The van der Waals surface area contributed by atoms with Gasteiger partial charge in [-0.05, 0) is 54.2 Å². The molecule has 1 fully saturated rings. The van der Waals surface area contributed by atoms with Crippen molar-refractivity contribution in [2.75, 3.05) is 14.1 Å². The normalized spacial score (nSPS) is 15.1. The van der Waals surface area contributed by atoms with Crippen molar-refractivity contribution in [1.29, 1.82) is 0 Å². The molecule has 1 aliphatic carbocycles. The predicted molar refractivity (Wildman–Crippen MR) is 87.5 cm³/mol. The van der Waals surface area contributed by atoms with Crippen LogP contribution >= 0.6 is 0 Å². The molecule has 120 valence electrons. The third-order valence-corrected chi connectivity index (χ3v) is 4.36. The molecule has 1 aliphatic rings. The highest BCUT2D eigenvalue weighted by molar-refractivity contribution is 5.94. The zero-order valence-electron chi connectivity index (χ0n) is 13.6. The lowest BCUT2D eigenvalue weighted by atomic mass is 9.99. The Balaban J connectivity index is 1.76. The maximum Gasteiger partial charge on any atom is 0.253 e. The fraction of sp³-hybridized carbons (Fsp3) is 0.316. The highest BCUT2D eigenvalue weighted by Crippen LogP contribution is 2.47. The number of carbonyl (C=O) groups excluding carboxylic acids is 1. The summed E-state index contributed by atoms with van der Waals surface area (Å²) in [6.45, 7) is 2.24. The summed E-state index contributed by atoms with van der Waals surface area (Å²) in [6, 6.07) is 12.0. The maximum absolute atomic E-state index is 14.1. The summed E-state index contributed by atoms with van der Waals surface area (Å²) >= 11 is 0. The van der Waals surface area contributed by atoms with E-state index < -0.39 is 5.82 Å². The van der Waals surface area contributed by atoms with Crippen molar-refractivity contribution in [1.82, 2.24) is 4.90 Å². The Labute approximate surface area is 135 Å². The molecule has 0 aromatic heterocycles. The van der Waals surface area contributed by atoms with Gasteiger partial charge in [0.25, 0.3) is 5.91 Å². The van der Waals surface area contributed by atoms with Crippen molar-refractivity contribution < 1.29 is 13.9 Å². The van der Waals surface area contributed by atoms with Gasteiger partial charge >= 0.3 is 0 Å². The highest BCUT2D eigenvalue weighted by Gasteiger charge is 2.38. The fourth-order valence-corrected chi connectivity index (χ4v) is 2.50.